The summed E-state index contributed by atoms with van der Waals surface area (Å²) in [6.45, 7) is 0.887. The Kier molecular flexibility index (Phi) is 5.21. The van der Waals surface area contributed by atoms with E-state index in [4.69, 9.17) is 14.9 Å². The summed E-state index contributed by atoms with van der Waals surface area (Å²) in [7, 11) is 0. The van der Waals surface area contributed by atoms with Crippen molar-refractivity contribution in [2.75, 3.05) is 0 Å². The highest BCUT2D eigenvalue weighted by atomic mass is 16.5. The molecule has 0 radical (unpaired) electrons. The lowest BCUT2D eigenvalue weighted by Crippen LogP contribution is -2.10. The van der Waals surface area contributed by atoms with E-state index in [2.05, 4.69) is 11.1 Å². The van der Waals surface area contributed by atoms with Gasteiger partial charge in [-0.05, 0) is 48.8 Å². The third-order valence-corrected chi connectivity index (χ3v) is 5.21. The van der Waals surface area contributed by atoms with Crippen molar-refractivity contribution in [3.8, 4) is 0 Å². The summed E-state index contributed by atoms with van der Waals surface area (Å²) in [6.07, 6.45) is 4.35. The molecule has 0 saturated heterocycles. The van der Waals surface area contributed by atoms with Crippen LogP contribution in [0.2, 0.25) is 0 Å². The Balaban J connectivity index is 1.47. The molecule has 0 bridgehead atoms. The summed E-state index contributed by atoms with van der Waals surface area (Å²) >= 11 is 0. The Morgan fingerprint density at radius 3 is 2.85 bits per heavy atom. The largest absolute Gasteiger partial charge is 0.438 e. The van der Waals surface area contributed by atoms with E-state index in [1.54, 1.807) is 0 Å². The van der Waals surface area contributed by atoms with Gasteiger partial charge in [0.05, 0.1) is 6.61 Å². The van der Waals surface area contributed by atoms with Gasteiger partial charge in [-0.3, -0.25) is 4.79 Å². The lowest BCUT2D eigenvalue weighted by atomic mass is 9.94. The number of rotatable bonds is 8. The number of nitrogens with two attached hydrogens (primary N) is 1. The first-order chi connectivity index (χ1) is 13.2. The Morgan fingerprint density at radius 2 is 2.04 bits per heavy atom. The average Bonchev–Trinajstić information content (AvgIpc) is 3.26. The number of amides is 1. The van der Waals surface area contributed by atoms with Crippen LogP contribution in [0.5, 0.6) is 0 Å². The number of nitrogens with zero attached hydrogens (tertiary/aromatic N) is 1. The van der Waals surface area contributed by atoms with E-state index < -0.39 is 0 Å². The number of aromatic nitrogens is 1. The van der Waals surface area contributed by atoms with E-state index >= 15 is 0 Å². The molecule has 0 saturated carbocycles. The summed E-state index contributed by atoms with van der Waals surface area (Å²) in [4.78, 5) is 15.6. The number of carbonyl (C=O) groups excluding carboxylic acids is 1. The van der Waals surface area contributed by atoms with Crippen LogP contribution in [0.15, 0.2) is 46.9 Å². The van der Waals surface area contributed by atoms with Crippen molar-refractivity contribution < 1.29 is 13.9 Å². The minimum atomic E-state index is -0.232. The van der Waals surface area contributed by atoms with Crippen molar-refractivity contribution in [1.82, 2.24) is 4.98 Å². The first-order valence-electron chi connectivity index (χ1n) is 9.52. The summed E-state index contributed by atoms with van der Waals surface area (Å²) in [5.41, 5.74) is 10.8. The zero-order valence-corrected chi connectivity index (χ0v) is 15.3. The number of benzene rings is 2. The maximum atomic E-state index is 11.0. The normalized spacial score (nSPS) is 15.9. The fourth-order valence-electron chi connectivity index (χ4n) is 3.94. The molecule has 0 spiro atoms. The van der Waals surface area contributed by atoms with Gasteiger partial charge in [0.1, 0.15) is 12.1 Å². The van der Waals surface area contributed by atoms with Gasteiger partial charge in [0.25, 0.3) is 0 Å². The van der Waals surface area contributed by atoms with Crippen LogP contribution in [0.3, 0.4) is 0 Å². The van der Waals surface area contributed by atoms with Gasteiger partial charge in [-0.25, -0.2) is 4.98 Å². The number of fused-ring (bicyclic) bond motifs is 3. The fourth-order valence-corrected chi connectivity index (χ4v) is 3.94. The van der Waals surface area contributed by atoms with Gasteiger partial charge in [-0.15, -0.1) is 0 Å². The van der Waals surface area contributed by atoms with E-state index in [9.17, 15) is 4.79 Å². The predicted molar refractivity (Wildman–Crippen MR) is 103 cm³/mol. The number of ether oxygens (including phenoxy) is 1. The molecule has 1 heterocycles. The highest BCUT2D eigenvalue weighted by Gasteiger charge is 2.27. The number of oxazole rings is 1. The van der Waals surface area contributed by atoms with Crippen LogP contribution in [0.4, 0.5) is 0 Å². The number of hydrogen-bond acceptors (Lipinski definition) is 4. The maximum Gasteiger partial charge on any atom is 0.221 e. The van der Waals surface area contributed by atoms with Crippen LogP contribution >= 0.6 is 0 Å². The predicted octanol–water partition coefficient (Wildman–Crippen LogP) is 4.23. The van der Waals surface area contributed by atoms with E-state index in [0.29, 0.717) is 31.4 Å². The molecule has 27 heavy (non-hydrogen) atoms. The van der Waals surface area contributed by atoms with Crippen LogP contribution < -0.4 is 5.73 Å². The third kappa shape index (κ3) is 4.03. The van der Waals surface area contributed by atoms with Crippen molar-refractivity contribution >= 4 is 17.0 Å². The Bertz CT molecular complexity index is 933. The molecule has 140 valence electrons. The van der Waals surface area contributed by atoms with E-state index in [1.165, 1.54) is 11.1 Å². The average molecular weight is 364 g/mol. The van der Waals surface area contributed by atoms with Crippen molar-refractivity contribution in [2.24, 2.45) is 5.73 Å². The first-order valence-corrected chi connectivity index (χ1v) is 9.52. The topological polar surface area (TPSA) is 78.4 Å². The second kappa shape index (κ2) is 7.92. The number of hydrogen-bond donors (Lipinski definition) is 1. The van der Waals surface area contributed by atoms with E-state index in [1.807, 2.05) is 36.4 Å². The van der Waals surface area contributed by atoms with Gasteiger partial charge in [0, 0.05) is 12.0 Å². The van der Waals surface area contributed by atoms with Crippen LogP contribution in [0.1, 0.15) is 54.2 Å². The van der Waals surface area contributed by atoms with Crippen LogP contribution in [-0.4, -0.2) is 10.9 Å². The van der Waals surface area contributed by atoms with Crippen LogP contribution in [0, 0.1) is 0 Å². The molecular formula is C22H24N2O3. The Hall–Kier alpha value is -2.66. The fraction of sp³-hybridized carbons (Fsp3) is 0.364. The van der Waals surface area contributed by atoms with E-state index in [-0.39, 0.29) is 5.91 Å². The molecule has 0 fully saturated rings. The van der Waals surface area contributed by atoms with Gasteiger partial charge in [0.2, 0.25) is 11.8 Å². The molecular weight excluding hydrogens is 340 g/mol. The molecule has 1 atom stereocenters. The second-order valence-corrected chi connectivity index (χ2v) is 7.17. The standard InChI is InChI=1S/C22H24N2O3/c23-19(25)8-4-7-16-9-10-17-11-12-18-22(21(16)17)27-20(24-18)14-26-13-15-5-2-1-3-6-15/h1-3,5-6,11-12,16H,4,7-10,13-14H2,(H2,23,25). The molecule has 3 aromatic rings. The van der Waals surface area contributed by atoms with E-state index in [0.717, 1.165) is 42.3 Å². The Labute approximate surface area is 158 Å². The minimum absolute atomic E-state index is 0.232. The molecule has 5 heteroatoms. The molecule has 1 aliphatic rings. The van der Waals surface area contributed by atoms with Crippen molar-refractivity contribution in [3.63, 3.8) is 0 Å². The monoisotopic (exact) mass is 364 g/mol. The molecule has 4 rings (SSSR count). The summed E-state index contributed by atoms with van der Waals surface area (Å²) in [6, 6.07) is 14.3. The lowest BCUT2D eigenvalue weighted by Gasteiger charge is -2.10. The molecule has 1 unspecified atom stereocenters. The molecule has 1 amide bonds. The van der Waals surface area contributed by atoms with Crippen molar-refractivity contribution in [1.29, 1.82) is 0 Å². The first kappa shape index (κ1) is 17.7. The summed E-state index contributed by atoms with van der Waals surface area (Å²) in [5, 5.41) is 0. The SMILES string of the molecule is NC(=O)CCCC1CCc2ccc3nc(COCc4ccccc4)oc3c21. The Morgan fingerprint density at radius 1 is 1.19 bits per heavy atom. The molecule has 5 nitrogen and oxygen atoms in total. The van der Waals surface area contributed by atoms with Gasteiger partial charge in [0.15, 0.2) is 5.58 Å². The smallest absolute Gasteiger partial charge is 0.221 e. The molecule has 0 aliphatic heterocycles. The zero-order chi connectivity index (χ0) is 18.6. The van der Waals surface area contributed by atoms with Gasteiger partial charge < -0.3 is 14.9 Å². The number of carbonyl (C=O) groups is 1. The minimum Gasteiger partial charge on any atom is -0.438 e. The molecule has 1 aliphatic carbocycles. The summed E-state index contributed by atoms with van der Waals surface area (Å²) < 4.78 is 11.8. The highest BCUT2D eigenvalue weighted by molar-refractivity contribution is 5.79. The van der Waals surface area contributed by atoms with Crippen LogP contribution in [0.25, 0.3) is 11.1 Å². The zero-order valence-electron chi connectivity index (χ0n) is 15.3. The maximum absolute atomic E-state index is 11.0. The van der Waals surface area contributed by atoms with Gasteiger partial charge in [-0.2, -0.15) is 0 Å². The van der Waals surface area contributed by atoms with Gasteiger partial charge >= 0.3 is 0 Å². The van der Waals surface area contributed by atoms with Crippen LogP contribution in [-0.2, 0) is 29.2 Å². The third-order valence-electron chi connectivity index (χ3n) is 5.21. The molecule has 1 aromatic heterocycles. The lowest BCUT2D eigenvalue weighted by molar-refractivity contribution is -0.118. The van der Waals surface area contributed by atoms with Crippen molar-refractivity contribution in [3.05, 3.63) is 65.0 Å². The quantitative estimate of drug-likeness (QED) is 0.649. The summed E-state index contributed by atoms with van der Waals surface area (Å²) in [5.74, 6) is 0.787. The van der Waals surface area contributed by atoms with Gasteiger partial charge in [-0.1, -0.05) is 36.4 Å². The molecule has 2 aromatic carbocycles. The molecule has 2 N–H and O–H groups in total. The highest BCUT2D eigenvalue weighted by Crippen LogP contribution is 2.41. The van der Waals surface area contributed by atoms with Crippen molar-refractivity contribution in [2.45, 2.75) is 51.2 Å². The number of primary amides is 1. The number of aryl methyl sites for hydroxylation is 1. The second-order valence-electron chi connectivity index (χ2n) is 7.17.